The monoisotopic (exact) mass is 1920 g/mol. The van der Waals surface area contributed by atoms with E-state index in [-0.39, 0.29) is 59.5 Å². The summed E-state index contributed by atoms with van der Waals surface area (Å²) in [5.41, 5.74) is 16.2. The number of halogens is 6. The average Bonchev–Trinajstić information content (AvgIpc) is 0.863. The van der Waals surface area contributed by atoms with Gasteiger partial charge in [-0.3, -0.25) is 9.97 Å². The van der Waals surface area contributed by atoms with E-state index in [4.69, 9.17) is 9.47 Å². The quantitative estimate of drug-likeness (QED) is 0.107. The van der Waals surface area contributed by atoms with Crippen LogP contribution in [0.25, 0.3) is 0 Å². The van der Waals surface area contributed by atoms with Gasteiger partial charge >= 0.3 is 0 Å². The molecule has 138 heavy (non-hydrogen) atoms. The molecule has 10 aromatic rings. The van der Waals surface area contributed by atoms with Gasteiger partial charge in [-0.15, -0.1) is 0 Å². The molecule has 0 radical (unpaired) electrons. The molecule has 0 bridgehead atoms. The van der Waals surface area contributed by atoms with Crippen molar-refractivity contribution in [2.45, 2.75) is 386 Å². The Kier molecular flexibility index (Phi) is 76.4. The minimum atomic E-state index is -0.736. The molecular weight excluding hydrogens is 1720 g/mol. The lowest BCUT2D eigenvalue weighted by Crippen LogP contribution is -2.27. The summed E-state index contributed by atoms with van der Waals surface area (Å²) in [6.45, 7) is 66.6. The molecule has 16 rings (SSSR count). The molecule has 6 fully saturated rings. The molecule has 6 aliphatic rings. The van der Waals surface area contributed by atoms with Crippen LogP contribution in [0, 0.1) is 239 Å². The van der Waals surface area contributed by atoms with Gasteiger partial charge in [-0.05, 0) is 297 Å². The van der Waals surface area contributed by atoms with Crippen molar-refractivity contribution < 1.29 is 35.8 Å². The van der Waals surface area contributed by atoms with Crippen molar-refractivity contribution in [3.63, 3.8) is 0 Å². The maximum atomic E-state index is 12.6. The normalized spacial score (nSPS) is 19.8. The highest BCUT2D eigenvalue weighted by Gasteiger charge is 2.18. The summed E-state index contributed by atoms with van der Waals surface area (Å²) < 4.78 is 85.7. The Morgan fingerprint density at radius 3 is 0.580 bits per heavy atom. The number of aromatic nitrogens is 8. The summed E-state index contributed by atoms with van der Waals surface area (Å²) >= 11 is 0. The second-order valence-electron chi connectivity index (χ2n) is 39.8. The van der Waals surface area contributed by atoms with E-state index in [1.807, 2.05) is 138 Å². The maximum absolute atomic E-state index is 12.6. The van der Waals surface area contributed by atoms with E-state index in [9.17, 15) is 26.3 Å². The van der Waals surface area contributed by atoms with E-state index in [0.29, 0.717) is 39.3 Å². The molecule has 0 atom stereocenters. The second-order valence-corrected chi connectivity index (χ2v) is 39.8. The topological polar surface area (TPSA) is 122 Å². The largest absolute Gasteiger partial charge is 0.353 e. The highest BCUT2D eigenvalue weighted by molar-refractivity contribution is 5.26. The van der Waals surface area contributed by atoms with E-state index >= 15 is 0 Å². The van der Waals surface area contributed by atoms with Crippen LogP contribution in [0.15, 0.2) is 159 Å². The zero-order valence-corrected chi connectivity index (χ0v) is 89.2. The molecule has 776 valence electrons. The third-order valence-electron chi connectivity index (χ3n) is 24.4. The lowest BCUT2D eigenvalue weighted by molar-refractivity contribution is -0.187. The Labute approximate surface area is 841 Å². The Balaban J connectivity index is -0.000000693. The van der Waals surface area contributed by atoms with Crippen molar-refractivity contribution in [1.29, 1.82) is 0 Å². The molecule has 0 unspecified atom stereocenters. The van der Waals surface area contributed by atoms with Gasteiger partial charge in [0.15, 0.2) is 17.9 Å². The van der Waals surface area contributed by atoms with Crippen LogP contribution < -0.4 is 0 Å². The van der Waals surface area contributed by atoms with Gasteiger partial charge in [0.25, 0.3) is 0 Å². The van der Waals surface area contributed by atoms with Gasteiger partial charge in [-0.25, -0.2) is 47.5 Å². The number of benzene rings is 4. The van der Waals surface area contributed by atoms with Gasteiger partial charge in [-0.2, -0.15) is 8.78 Å². The molecule has 0 spiro atoms. The molecule has 0 amide bonds. The highest BCUT2D eigenvalue weighted by atomic mass is 19.2. The summed E-state index contributed by atoms with van der Waals surface area (Å²) in [6.07, 6.45) is 40.5. The highest BCUT2D eigenvalue weighted by Crippen LogP contribution is 2.31. The van der Waals surface area contributed by atoms with Crippen LogP contribution in [0.5, 0.6) is 0 Å². The summed E-state index contributed by atoms with van der Waals surface area (Å²) in [6, 6.07) is 37.2. The Morgan fingerprint density at radius 2 is 0.406 bits per heavy atom. The first-order valence-corrected chi connectivity index (χ1v) is 49.7. The minimum absolute atomic E-state index is 0. The fourth-order valence-electron chi connectivity index (χ4n) is 13.8. The SMILES string of the molecule is C.C.C.C.CC1CCC(C)CC1.CC1CCC(C)CC1.CC1CCC(C)CC1.CC1CCC(C)CC1.CC1CCC(C)CC1.CC1COC(C)OC1.Cc1ccc(C)c(F)c1.Cc1ccc(C)c(F)c1.Cc1ccc(C)c(F)c1F.Cc1ccc(C)c(F)n1.Cc1ccc(C)c(F)n1.Cc1ccc(C)cc1.Cc1ccc(C)nc1.Cc1ccc(C)nc1.Cc1cnc(C)nc1.Cc1cnc(C)nc1. The zero-order chi connectivity index (χ0) is 101. The standard InChI is InChI=1S/C8H8F2.2C8H9F.5C8H16.C8H10.2C7H8FN.2C7H9N.2C6H8N2.C6H12O2.4CH4/c1-5-3-4-6(2)8(10)7(5)9;2*1-6-3-4-7(2)8(9)5-6;6*1-7-3-5-8(2)6-4-7;2*1-5-3-4-6(2)9-7(5)8;2*1-6-3-4-7(2)8-5-6;3*1-5-3-7-6(2)8-4-5;;;;/h3-4H,1-2H3;2*3-5H,1-2H3;5*7-8H,3-6H2,1-2H3;3-6H,1-2H3;2*3-4H,1-2H3;2*3-5H,1-2H3;2*3-4H,1-2H3;5-6H,3-4H2,1-2H3;4*1H4. The lowest BCUT2D eigenvalue weighted by atomic mass is 9.84. The van der Waals surface area contributed by atoms with Crippen molar-refractivity contribution in [2.24, 2.45) is 65.1 Å². The first-order valence-electron chi connectivity index (χ1n) is 49.7. The zero-order valence-electron chi connectivity index (χ0n) is 89.2. The van der Waals surface area contributed by atoms with Crippen LogP contribution >= 0.6 is 0 Å². The number of ether oxygens (including phenoxy) is 2. The van der Waals surface area contributed by atoms with E-state index in [1.54, 1.807) is 90.1 Å². The Hall–Kier alpha value is -8.86. The number of rotatable bonds is 0. The van der Waals surface area contributed by atoms with Crippen LogP contribution in [0.1, 0.15) is 354 Å². The number of nitrogens with zero attached hydrogens (tertiary/aromatic N) is 8. The van der Waals surface area contributed by atoms with Crippen LogP contribution in [-0.2, 0) is 9.47 Å². The van der Waals surface area contributed by atoms with E-state index in [2.05, 4.69) is 166 Å². The number of pyridine rings is 4. The van der Waals surface area contributed by atoms with Crippen molar-refractivity contribution in [3.8, 4) is 0 Å². The van der Waals surface area contributed by atoms with Gasteiger partial charge < -0.3 is 9.47 Å². The summed E-state index contributed by atoms with van der Waals surface area (Å²) in [4.78, 5) is 31.2. The Bertz CT molecular complexity index is 3840. The van der Waals surface area contributed by atoms with Gasteiger partial charge in [0.1, 0.15) is 23.3 Å². The van der Waals surface area contributed by atoms with Crippen LogP contribution in [0.4, 0.5) is 26.3 Å². The fourth-order valence-corrected chi connectivity index (χ4v) is 13.8. The second kappa shape index (κ2) is 77.8. The molecule has 5 aliphatic carbocycles. The van der Waals surface area contributed by atoms with Crippen molar-refractivity contribution in [3.05, 3.63) is 306 Å². The molecule has 0 N–H and O–H groups in total. The third kappa shape index (κ3) is 69.9. The lowest BCUT2D eigenvalue weighted by Gasteiger charge is -2.24. The summed E-state index contributed by atoms with van der Waals surface area (Å²) in [7, 11) is 0. The van der Waals surface area contributed by atoms with Crippen molar-refractivity contribution >= 4 is 0 Å². The van der Waals surface area contributed by atoms with Crippen LogP contribution in [0.2, 0.25) is 0 Å². The molecule has 6 aromatic heterocycles. The molecule has 16 heteroatoms. The number of hydrogen-bond donors (Lipinski definition) is 0. The fraction of sp³-hybridized carbons (Fsp3) is 0.574. The predicted molar refractivity (Wildman–Crippen MR) is 583 cm³/mol. The first-order chi connectivity index (χ1) is 63.1. The predicted octanol–water partition coefficient (Wildman–Crippen LogP) is 36.8. The van der Waals surface area contributed by atoms with Gasteiger partial charge in [0.2, 0.25) is 11.9 Å². The van der Waals surface area contributed by atoms with Gasteiger partial charge in [0, 0.05) is 77.0 Å². The van der Waals surface area contributed by atoms with Gasteiger partial charge in [-0.1, -0.05) is 330 Å². The maximum Gasteiger partial charge on any atom is 0.215 e. The minimum Gasteiger partial charge on any atom is -0.353 e. The third-order valence-corrected chi connectivity index (χ3v) is 24.4. The number of hydrogen-bond acceptors (Lipinski definition) is 10. The van der Waals surface area contributed by atoms with E-state index in [1.165, 1.54) is 177 Å². The van der Waals surface area contributed by atoms with Gasteiger partial charge in [0.05, 0.1) is 13.2 Å². The van der Waals surface area contributed by atoms with Crippen molar-refractivity contribution in [2.75, 3.05) is 13.2 Å². The number of aryl methyl sites for hydroxylation is 20. The molecule has 1 aliphatic heterocycles. The molecule has 7 heterocycles. The molecule has 10 nitrogen and oxygen atoms in total. The summed E-state index contributed by atoms with van der Waals surface area (Å²) in [5.74, 6) is 9.99. The average molecular weight is 1920 g/mol. The molecule has 1 saturated heterocycles. The summed E-state index contributed by atoms with van der Waals surface area (Å²) in [5, 5.41) is 0. The van der Waals surface area contributed by atoms with Crippen LogP contribution in [-0.4, -0.2) is 59.4 Å². The smallest absolute Gasteiger partial charge is 0.215 e. The van der Waals surface area contributed by atoms with E-state index < -0.39 is 11.6 Å². The van der Waals surface area contributed by atoms with E-state index in [0.717, 1.165) is 129 Å². The molecular formula is C122H194F6N8O2. The molecule has 5 saturated carbocycles. The van der Waals surface area contributed by atoms with Crippen LogP contribution in [0.3, 0.4) is 0 Å². The Morgan fingerprint density at radius 1 is 0.210 bits per heavy atom. The first kappa shape index (κ1) is 135. The van der Waals surface area contributed by atoms with Crippen molar-refractivity contribution in [1.82, 2.24) is 39.9 Å². The molecule has 4 aromatic carbocycles.